The summed E-state index contributed by atoms with van der Waals surface area (Å²) in [5.41, 5.74) is 9.01. The molecular formula is C32H35N2P. The highest BCUT2D eigenvalue weighted by molar-refractivity contribution is 7.73. The number of aromatic nitrogens is 1. The van der Waals surface area contributed by atoms with E-state index in [-0.39, 0.29) is 7.92 Å². The maximum absolute atomic E-state index is 5.27. The molecule has 178 valence electrons. The number of hydrogen-bond acceptors (Lipinski definition) is 2. The first kappa shape index (κ1) is 23.9. The topological polar surface area (TPSA) is 24.9 Å². The molecule has 0 aliphatic heterocycles. The summed E-state index contributed by atoms with van der Waals surface area (Å²) in [5.74, 6) is 0. The molecule has 1 heterocycles. The Balaban J connectivity index is 1.37. The molecule has 1 aromatic heterocycles. The van der Waals surface area contributed by atoms with Crippen LogP contribution in [0.3, 0.4) is 0 Å². The van der Waals surface area contributed by atoms with Crippen molar-refractivity contribution in [1.82, 2.24) is 10.3 Å². The van der Waals surface area contributed by atoms with Crippen LogP contribution in [0.15, 0.2) is 84.9 Å². The van der Waals surface area contributed by atoms with E-state index in [1.165, 1.54) is 50.5 Å². The molecule has 4 aromatic rings. The standard InChI is InChI=1S/C32H35N2P/c1-23-21-24(2)31(25(3)22-23)29-18-17-26-11-10-16-30(32(26)34-29)33-19-20-35(27-12-6-4-7-13-27)28-14-8-5-9-15-28/h4-9,12-15,17-18,21-22,30,33H,10-11,16,19-20H2,1-3H3. The maximum atomic E-state index is 5.27. The van der Waals surface area contributed by atoms with Crippen LogP contribution in [0.2, 0.25) is 0 Å². The summed E-state index contributed by atoms with van der Waals surface area (Å²) in [7, 11) is -0.382. The van der Waals surface area contributed by atoms with Crippen LogP contribution in [-0.4, -0.2) is 17.7 Å². The number of benzene rings is 3. The zero-order valence-electron chi connectivity index (χ0n) is 21.1. The van der Waals surface area contributed by atoms with E-state index in [9.17, 15) is 0 Å². The molecule has 0 spiro atoms. The van der Waals surface area contributed by atoms with E-state index in [0.29, 0.717) is 6.04 Å². The van der Waals surface area contributed by atoms with E-state index in [4.69, 9.17) is 4.98 Å². The van der Waals surface area contributed by atoms with Gasteiger partial charge in [-0.15, -0.1) is 0 Å². The number of fused-ring (bicyclic) bond motifs is 1. The van der Waals surface area contributed by atoms with Gasteiger partial charge in [0.1, 0.15) is 0 Å². The molecule has 1 N–H and O–H groups in total. The summed E-state index contributed by atoms with van der Waals surface area (Å²) >= 11 is 0. The zero-order valence-corrected chi connectivity index (χ0v) is 22.0. The van der Waals surface area contributed by atoms with Gasteiger partial charge in [0.25, 0.3) is 0 Å². The van der Waals surface area contributed by atoms with Gasteiger partial charge in [-0.1, -0.05) is 84.4 Å². The molecule has 3 heteroatoms. The predicted molar refractivity (Wildman–Crippen MR) is 152 cm³/mol. The minimum absolute atomic E-state index is 0.327. The van der Waals surface area contributed by atoms with Gasteiger partial charge < -0.3 is 5.32 Å². The molecule has 1 atom stereocenters. The third kappa shape index (κ3) is 5.40. The first-order valence-corrected chi connectivity index (χ1v) is 14.3. The van der Waals surface area contributed by atoms with Crippen molar-refractivity contribution in [2.24, 2.45) is 0 Å². The van der Waals surface area contributed by atoms with Crippen LogP contribution in [0, 0.1) is 20.8 Å². The highest BCUT2D eigenvalue weighted by Crippen LogP contribution is 2.35. The monoisotopic (exact) mass is 478 g/mol. The lowest BCUT2D eigenvalue weighted by Crippen LogP contribution is -2.30. The molecule has 35 heavy (non-hydrogen) atoms. The lowest BCUT2D eigenvalue weighted by atomic mass is 9.90. The smallest absolute Gasteiger partial charge is 0.0711 e. The number of nitrogens with one attached hydrogen (secondary N) is 1. The van der Waals surface area contributed by atoms with Gasteiger partial charge in [-0.3, -0.25) is 4.98 Å². The van der Waals surface area contributed by atoms with Crippen LogP contribution in [-0.2, 0) is 6.42 Å². The second kappa shape index (κ2) is 10.9. The second-order valence-corrected chi connectivity index (χ2v) is 12.1. The van der Waals surface area contributed by atoms with Gasteiger partial charge >= 0.3 is 0 Å². The molecule has 1 unspecified atom stereocenters. The van der Waals surface area contributed by atoms with Gasteiger partial charge in [0, 0.05) is 18.2 Å². The van der Waals surface area contributed by atoms with Crippen molar-refractivity contribution in [3.05, 3.63) is 113 Å². The van der Waals surface area contributed by atoms with Crippen molar-refractivity contribution >= 4 is 18.5 Å². The first-order chi connectivity index (χ1) is 17.1. The van der Waals surface area contributed by atoms with Crippen molar-refractivity contribution in [1.29, 1.82) is 0 Å². The fraction of sp³-hybridized carbons (Fsp3) is 0.281. The fourth-order valence-electron chi connectivity index (χ4n) is 5.55. The number of nitrogens with zero attached hydrogens (tertiary/aromatic N) is 1. The molecule has 0 fully saturated rings. The van der Waals surface area contributed by atoms with E-state index < -0.39 is 0 Å². The Morgan fingerprint density at radius 1 is 0.829 bits per heavy atom. The number of pyridine rings is 1. The zero-order chi connectivity index (χ0) is 24.2. The van der Waals surface area contributed by atoms with Crippen molar-refractivity contribution in [3.8, 4) is 11.3 Å². The van der Waals surface area contributed by atoms with Crippen molar-refractivity contribution in [2.75, 3.05) is 12.7 Å². The van der Waals surface area contributed by atoms with E-state index in [1.54, 1.807) is 0 Å². The highest BCUT2D eigenvalue weighted by Gasteiger charge is 2.23. The summed E-state index contributed by atoms with van der Waals surface area (Å²) in [6.07, 6.45) is 4.64. The van der Waals surface area contributed by atoms with Gasteiger partial charge in [0.2, 0.25) is 0 Å². The van der Waals surface area contributed by atoms with Crippen LogP contribution in [0.4, 0.5) is 0 Å². The third-order valence-electron chi connectivity index (χ3n) is 7.08. The van der Waals surface area contributed by atoms with Gasteiger partial charge in [-0.05, 0) is 87.5 Å². The summed E-state index contributed by atoms with van der Waals surface area (Å²) in [6, 6.07) is 31.5. The minimum atomic E-state index is -0.382. The Labute approximate surface area is 211 Å². The molecule has 5 rings (SSSR count). The van der Waals surface area contributed by atoms with Gasteiger partial charge in [-0.2, -0.15) is 0 Å². The highest BCUT2D eigenvalue weighted by atomic mass is 31.1. The quantitative estimate of drug-likeness (QED) is 0.296. The van der Waals surface area contributed by atoms with E-state index >= 15 is 0 Å². The van der Waals surface area contributed by atoms with Gasteiger partial charge in [0.15, 0.2) is 0 Å². The summed E-state index contributed by atoms with van der Waals surface area (Å²) < 4.78 is 0. The Morgan fingerprint density at radius 2 is 1.46 bits per heavy atom. The normalized spacial score (nSPS) is 15.3. The number of hydrogen-bond donors (Lipinski definition) is 1. The van der Waals surface area contributed by atoms with Crippen molar-refractivity contribution in [3.63, 3.8) is 0 Å². The molecule has 0 saturated heterocycles. The van der Waals surface area contributed by atoms with Crippen LogP contribution in [0.25, 0.3) is 11.3 Å². The first-order valence-electron chi connectivity index (χ1n) is 12.8. The lowest BCUT2D eigenvalue weighted by molar-refractivity contribution is 0.461. The van der Waals surface area contributed by atoms with Gasteiger partial charge in [-0.25, -0.2) is 0 Å². The summed E-state index contributed by atoms with van der Waals surface area (Å²) in [4.78, 5) is 5.27. The Kier molecular flexibility index (Phi) is 7.42. The Bertz CT molecular complexity index is 1220. The average Bonchev–Trinajstić information content (AvgIpc) is 2.87. The van der Waals surface area contributed by atoms with Crippen LogP contribution >= 0.6 is 7.92 Å². The van der Waals surface area contributed by atoms with E-state index in [0.717, 1.165) is 31.2 Å². The summed E-state index contributed by atoms with van der Waals surface area (Å²) in [6.45, 7) is 7.58. The van der Waals surface area contributed by atoms with Crippen LogP contribution in [0.1, 0.15) is 46.8 Å². The van der Waals surface area contributed by atoms with E-state index in [2.05, 4.69) is 111 Å². The SMILES string of the molecule is Cc1cc(C)c(-c2ccc3c(n2)C(NCCP(c2ccccc2)c2ccccc2)CCC3)c(C)c1. The molecule has 1 aliphatic carbocycles. The van der Waals surface area contributed by atoms with Crippen molar-refractivity contribution in [2.45, 2.75) is 46.1 Å². The Hall–Kier alpha value is -2.80. The second-order valence-electron chi connectivity index (χ2n) is 9.74. The number of rotatable bonds is 7. The minimum Gasteiger partial charge on any atom is -0.308 e. The molecule has 3 aromatic carbocycles. The molecule has 0 amide bonds. The number of aryl methyl sites for hydroxylation is 4. The molecule has 0 radical (unpaired) electrons. The lowest BCUT2D eigenvalue weighted by Gasteiger charge is -2.27. The molecule has 1 aliphatic rings. The molecule has 2 nitrogen and oxygen atoms in total. The molecular weight excluding hydrogens is 443 g/mol. The van der Waals surface area contributed by atoms with Crippen LogP contribution in [0.5, 0.6) is 0 Å². The third-order valence-corrected chi connectivity index (χ3v) is 9.59. The van der Waals surface area contributed by atoms with Crippen LogP contribution < -0.4 is 15.9 Å². The van der Waals surface area contributed by atoms with Crippen molar-refractivity contribution < 1.29 is 0 Å². The fourth-order valence-corrected chi connectivity index (χ4v) is 7.78. The Morgan fingerprint density at radius 3 is 2.09 bits per heavy atom. The largest absolute Gasteiger partial charge is 0.308 e. The maximum Gasteiger partial charge on any atom is 0.0711 e. The predicted octanol–water partition coefficient (Wildman–Crippen LogP) is 6.77. The molecule has 0 bridgehead atoms. The van der Waals surface area contributed by atoms with Gasteiger partial charge in [0.05, 0.1) is 11.4 Å². The molecule has 0 saturated carbocycles. The summed E-state index contributed by atoms with van der Waals surface area (Å²) in [5, 5.41) is 6.82. The average molecular weight is 479 g/mol. The van der Waals surface area contributed by atoms with E-state index in [1.807, 2.05) is 0 Å².